The van der Waals surface area contributed by atoms with E-state index in [0.717, 1.165) is 11.6 Å². The van der Waals surface area contributed by atoms with Crippen molar-refractivity contribution in [3.05, 3.63) is 82.8 Å². The number of alkyl halides is 3. The molecule has 150 valence electrons. The van der Waals surface area contributed by atoms with Gasteiger partial charge >= 0.3 is 6.18 Å². The number of ether oxygens (including phenoxy) is 1. The number of carbonyl (C=O) groups excluding carboxylic acids is 1. The molecule has 1 amide bonds. The average molecular weight is 404 g/mol. The Morgan fingerprint density at radius 1 is 1.10 bits per heavy atom. The third-order valence-corrected chi connectivity index (χ3v) is 4.26. The van der Waals surface area contributed by atoms with Gasteiger partial charge in [-0.3, -0.25) is 9.78 Å². The molecule has 3 aromatic rings. The lowest BCUT2D eigenvalue weighted by Crippen LogP contribution is -2.12. The Morgan fingerprint density at radius 2 is 1.86 bits per heavy atom. The molecule has 2 N–H and O–H groups in total. The van der Waals surface area contributed by atoms with Crippen LogP contribution in [0.5, 0.6) is 5.75 Å². The number of aromatic nitrogens is 1. The summed E-state index contributed by atoms with van der Waals surface area (Å²) < 4.78 is 56.9. The van der Waals surface area contributed by atoms with Gasteiger partial charge in [-0.25, -0.2) is 4.39 Å². The van der Waals surface area contributed by atoms with Gasteiger partial charge in [0.25, 0.3) is 0 Å². The Morgan fingerprint density at radius 3 is 2.48 bits per heavy atom. The van der Waals surface area contributed by atoms with Crippen molar-refractivity contribution in [1.29, 1.82) is 0 Å². The minimum atomic E-state index is -4.76. The summed E-state index contributed by atoms with van der Waals surface area (Å²) in [7, 11) is 0. The van der Waals surface area contributed by atoms with E-state index in [4.69, 9.17) is 10.5 Å². The molecule has 3 rings (SSSR count). The van der Waals surface area contributed by atoms with E-state index in [1.54, 1.807) is 43.5 Å². The lowest BCUT2D eigenvalue weighted by molar-refractivity contribution is -0.140. The number of hydrogen-bond donors (Lipinski definition) is 1. The summed E-state index contributed by atoms with van der Waals surface area (Å²) >= 11 is 0. The number of pyridine rings is 1. The Labute approximate surface area is 164 Å². The van der Waals surface area contributed by atoms with Crippen LogP contribution in [0.3, 0.4) is 0 Å². The van der Waals surface area contributed by atoms with Gasteiger partial charge in [0.05, 0.1) is 11.3 Å². The third-order valence-electron chi connectivity index (χ3n) is 4.26. The molecule has 0 aliphatic carbocycles. The number of primary amides is 1. The van der Waals surface area contributed by atoms with Crippen LogP contribution in [0.4, 0.5) is 17.6 Å². The molecular formula is C21H16F4N2O2. The van der Waals surface area contributed by atoms with E-state index in [2.05, 4.69) is 4.98 Å². The molecule has 1 aromatic heterocycles. The fraction of sp³-hybridized carbons (Fsp3) is 0.143. The summed E-state index contributed by atoms with van der Waals surface area (Å²) in [5.41, 5.74) is 7.15. The fourth-order valence-corrected chi connectivity index (χ4v) is 2.80. The molecule has 1 heterocycles. The van der Waals surface area contributed by atoms with Crippen LogP contribution in [0.2, 0.25) is 0 Å². The number of halogens is 4. The summed E-state index contributed by atoms with van der Waals surface area (Å²) in [5, 5.41) is 0. The predicted molar refractivity (Wildman–Crippen MR) is 98.7 cm³/mol. The van der Waals surface area contributed by atoms with E-state index in [9.17, 15) is 22.4 Å². The Hall–Kier alpha value is -3.42. The quantitative estimate of drug-likeness (QED) is 0.616. The molecule has 0 atom stereocenters. The molecule has 2 aromatic carbocycles. The number of amides is 1. The molecule has 0 fully saturated rings. The number of rotatable bonds is 5. The van der Waals surface area contributed by atoms with Crippen molar-refractivity contribution in [2.75, 3.05) is 0 Å². The van der Waals surface area contributed by atoms with Crippen molar-refractivity contribution in [2.24, 2.45) is 5.73 Å². The monoisotopic (exact) mass is 404 g/mol. The number of hydrogen-bond acceptors (Lipinski definition) is 3. The fourth-order valence-electron chi connectivity index (χ4n) is 2.80. The lowest BCUT2D eigenvalue weighted by Gasteiger charge is -2.11. The smallest absolute Gasteiger partial charge is 0.419 e. The highest BCUT2D eigenvalue weighted by Crippen LogP contribution is 2.33. The first kappa shape index (κ1) is 20.3. The molecule has 29 heavy (non-hydrogen) atoms. The summed E-state index contributed by atoms with van der Waals surface area (Å²) in [5.74, 6) is -1.93. The average Bonchev–Trinajstić information content (AvgIpc) is 2.65. The topological polar surface area (TPSA) is 65.2 Å². The van der Waals surface area contributed by atoms with Crippen LogP contribution < -0.4 is 10.5 Å². The second-order valence-corrected chi connectivity index (χ2v) is 6.37. The number of benzene rings is 2. The zero-order chi connectivity index (χ0) is 21.2. The molecule has 0 saturated carbocycles. The van der Waals surface area contributed by atoms with Crippen molar-refractivity contribution < 1.29 is 27.1 Å². The Kier molecular flexibility index (Phi) is 5.54. The van der Waals surface area contributed by atoms with Crippen molar-refractivity contribution in [3.8, 4) is 17.0 Å². The normalized spacial score (nSPS) is 11.3. The molecule has 0 aliphatic rings. The molecular weight excluding hydrogens is 388 g/mol. The summed E-state index contributed by atoms with van der Waals surface area (Å²) in [4.78, 5) is 15.6. The summed E-state index contributed by atoms with van der Waals surface area (Å²) in [6, 6.07) is 10.9. The highest BCUT2D eigenvalue weighted by Gasteiger charge is 2.34. The zero-order valence-corrected chi connectivity index (χ0v) is 15.3. The maximum atomic E-state index is 13.6. The number of carbonyl (C=O) groups is 1. The maximum Gasteiger partial charge on any atom is 0.419 e. The Balaban J connectivity index is 1.76. The molecule has 8 heteroatoms. The van der Waals surface area contributed by atoms with Gasteiger partial charge in [0.15, 0.2) is 0 Å². The SMILES string of the molecule is Cc1cc(-c2cc(COc3ccc(C(F)(F)F)c(F)c3)ccn2)ccc1C(N)=O. The van der Waals surface area contributed by atoms with Crippen LogP contribution in [0.15, 0.2) is 54.7 Å². The first-order chi connectivity index (χ1) is 13.6. The maximum absolute atomic E-state index is 13.6. The van der Waals surface area contributed by atoms with Crippen molar-refractivity contribution >= 4 is 5.91 Å². The molecule has 0 bridgehead atoms. The van der Waals surface area contributed by atoms with Gasteiger partial charge in [-0.2, -0.15) is 13.2 Å². The van der Waals surface area contributed by atoms with Crippen LogP contribution in [0.1, 0.15) is 27.0 Å². The molecule has 4 nitrogen and oxygen atoms in total. The second kappa shape index (κ2) is 7.90. The first-order valence-corrected chi connectivity index (χ1v) is 8.50. The van der Waals surface area contributed by atoms with Gasteiger partial charge in [0.1, 0.15) is 18.2 Å². The van der Waals surface area contributed by atoms with E-state index < -0.39 is 23.5 Å². The predicted octanol–water partition coefficient (Wildman–Crippen LogP) is 4.89. The van der Waals surface area contributed by atoms with Crippen molar-refractivity contribution in [3.63, 3.8) is 0 Å². The van der Waals surface area contributed by atoms with Crippen LogP contribution in [-0.2, 0) is 12.8 Å². The number of nitrogens with zero attached hydrogens (tertiary/aromatic N) is 1. The molecule has 0 aliphatic heterocycles. The third kappa shape index (κ3) is 4.71. The summed E-state index contributed by atoms with van der Waals surface area (Å²) in [6.45, 7) is 1.77. The molecule has 0 spiro atoms. The molecule has 0 radical (unpaired) electrons. The van der Waals surface area contributed by atoms with Crippen LogP contribution in [0.25, 0.3) is 11.3 Å². The van der Waals surface area contributed by atoms with Gasteiger partial charge in [0, 0.05) is 23.4 Å². The van der Waals surface area contributed by atoms with E-state index in [-0.39, 0.29) is 12.4 Å². The largest absolute Gasteiger partial charge is 0.489 e. The highest BCUT2D eigenvalue weighted by atomic mass is 19.4. The minimum Gasteiger partial charge on any atom is -0.489 e. The first-order valence-electron chi connectivity index (χ1n) is 8.50. The van der Waals surface area contributed by atoms with E-state index in [1.165, 1.54) is 0 Å². The van der Waals surface area contributed by atoms with Gasteiger partial charge in [-0.05, 0) is 54.4 Å². The minimum absolute atomic E-state index is 0.0126. The van der Waals surface area contributed by atoms with Gasteiger partial charge in [-0.15, -0.1) is 0 Å². The standard InChI is InChI=1S/C21H16F4N2O2/c1-12-8-14(2-4-16(12)20(26)28)19-9-13(6-7-27-19)11-29-15-3-5-17(18(22)10-15)21(23,24)25/h2-10H,11H2,1H3,(H2,26,28). The van der Waals surface area contributed by atoms with Crippen LogP contribution in [0, 0.1) is 12.7 Å². The van der Waals surface area contributed by atoms with E-state index in [1.807, 2.05) is 0 Å². The van der Waals surface area contributed by atoms with Crippen molar-refractivity contribution in [2.45, 2.75) is 19.7 Å². The lowest BCUT2D eigenvalue weighted by atomic mass is 10.0. The van der Waals surface area contributed by atoms with E-state index >= 15 is 0 Å². The Bertz CT molecular complexity index is 1060. The van der Waals surface area contributed by atoms with Gasteiger partial charge in [0.2, 0.25) is 5.91 Å². The summed E-state index contributed by atoms with van der Waals surface area (Å²) in [6.07, 6.45) is -3.20. The van der Waals surface area contributed by atoms with Crippen LogP contribution in [-0.4, -0.2) is 10.9 Å². The van der Waals surface area contributed by atoms with Gasteiger partial charge in [-0.1, -0.05) is 6.07 Å². The zero-order valence-electron chi connectivity index (χ0n) is 15.3. The van der Waals surface area contributed by atoms with E-state index in [0.29, 0.717) is 34.5 Å². The second-order valence-electron chi connectivity index (χ2n) is 6.37. The molecule has 0 unspecified atom stereocenters. The van der Waals surface area contributed by atoms with Gasteiger partial charge < -0.3 is 10.5 Å². The number of aryl methyl sites for hydroxylation is 1. The highest BCUT2D eigenvalue weighted by molar-refractivity contribution is 5.94. The van der Waals surface area contributed by atoms with Crippen molar-refractivity contribution in [1.82, 2.24) is 4.98 Å². The molecule has 0 saturated heterocycles. The van der Waals surface area contributed by atoms with Crippen LogP contribution >= 0.6 is 0 Å². The number of nitrogens with two attached hydrogens (primary N) is 1.